The summed E-state index contributed by atoms with van der Waals surface area (Å²) in [5.41, 5.74) is 3.62. The van der Waals surface area contributed by atoms with Crippen LogP contribution in [0.25, 0.3) is 0 Å². The summed E-state index contributed by atoms with van der Waals surface area (Å²) in [7, 11) is 0. The first-order valence-corrected chi connectivity index (χ1v) is 7.10. The van der Waals surface area contributed by atoms with E-state index in [2.05, 4.69) is 26.2 Å². The van der Waals surface area contributed by atoms with Crippen molar-refractivity contribution in [3.05, 3.63) is 0 Å². The van der Waals surface area contributed by atoms with Crippen LogP contribution in [0, 0.1) is 11.3 Å². The molecule has 0 bridgehead atoms. The van der Waals surface area contributed by atoms with Crippen LogP contribution in [-0.4, -0.2) is 6.04 Å². The average Bonchev–Trinajstić information content (AvgIpc) is 2.67. The Hall–Kier alpha value is -0.0800. The maximum absolute atomic E-state index is 5.80. The Morgan fingerprint density at radius 1 is 1.25 bits per heavy atom. The quantitative estimate of drug-likeness (QED) is 0.514. The zero-order valence-electron chi connectivity index (χ0n) is 11.4. The molecule has 1 atom stereocenters. The van der Waals surface area contributed by atoms with E-state index in [9.17, 15) is 0 Å². The standard InChI is InChI=1S/C14H30N2/c1-4-5-8-13(16-15)14(11-12(2)3)9-6-7-10-14/h12-13,16H,4-11,15H2,1-3H3. The number of nitrogens with one attached hydrogen (secondary N) is 1. The largest absolute Gasteiger partial charge is 0.271 e. The minimum atomic E-state index is 0.498. The molecule has 96 valence electrons. The molecule has 0 aromatic heterocycles. The summed E-state index contributed by atoms with van der Waals surface area (Å²) in [5.74, 6) is 6.59. The second-order valence-corrected chi connectivity index (χ2v) is 6.03. The van der Waals surface area contributed by atoms with Gasteiger partial charge in [-0.25, -0.2) is 0 Å². The van der Waals surface area contributed by atoms with Crippen molar-refractivity contribution in [3.8, 4) is 0 Å². The fraction of sp³-hybridized carbons (Fsp3) is 1.00. The number of hydrogen-bond donors (Lipinski definition) is 2. The molecule has 1 saturated carbocycles. The minimum Gasteiger partial charge on any atom is -0.271 e. The summed E-state index contributed by atoms with van der Waals surface area (Å²) in [6.07, 6.45) is 10.7. The van der Waals surface area contributed by atoms with Crippen LogP contribution in [-0.2, 0) is 0 Å². The van der Waals surface area contributed by atoms with Crippen LogP contribution in [0.5, 0.6) is 0 Å². The highest BCUT2D eigenvalue weighted by Gasteiger charge is 2.40. The number of nitrogens with two attached hydrogens (primary N) is 1. The molecule has 1 aliphatic rings. The van der Waals surface area contributed by atoms with Gasteiger partial charge in [-0.3, -0.25) is 11.3 Å². The molecule has 16 heavy (non-hydrogen) atoms. The topological polar surface area (TPSA) is 38.0 Å². The SMILES string of the molecule is CCCCC(NN)C1(CC(C)C)CCCC1. The molecule has 0 saturated heterocycles. The maximum Gasteiger partial charge on any atom is 0.0267 e. The molecule has 1 unspecified atom stereocenters. The van der Waals surface area contributed by atoms with Gasteiger partial charge in [0.1, 0.15) is 0 Å². The van der Waals surface area contributed by atoms with Gasteiger partial charge in [0, 0.05) is 6.04 Å². The van der Waals surface area contributed by atoms with Crippen molar-refractivity contribution in [1.82, 2.24) is 5.43 Å². The highest BCUT2D eigenvalue weighted by molar-refractivity contribution is 4.94. The van der Waals surface area contributed by atoms with Gasteiger partial charge in [-0.1, -0.05) is 46.5 Å². The van der Waals surface area contributed by atoms with Gasteiger partial charge in [0.2, 0.25) is 0 Å². The van der Waals surface area contributed by atoms with E-state index >= 15 is 0 Å². The Morgan fingerprint density at radius 3 is 2.31 bits per heavy atom. The molecule has 1 aliphatic carbocycles. The summed E-state index contributed by atoms with van der Waals surface area (Å²) in [4.78, 5) is 0. The Bertz CT molecular complexity index is 183. The van der Waals surface area contributed by atoms with Crippen LogP contribution in [0.2, 0.25) is 0 Å². The second kappa shape index (κ2) is 6.61. The Morgan fingerprint density at radius 2 is 1.88 bits per heavy atom. The van der Waals surface area contributed by atoms with Gasteiger partial charge in [-0.15, -0.1) is 0 Å². The first-order chi connectivity index (χ1) is 7.64. The Labute approximate surface area is 101 Å². The van der Waals surface area contributed by atoms with Crippen molar-refractivity contribution in [1.29, 1.82) is 0 Å². The van der Waals surface area contributed by atoms with Crippen LogP contribution in [0.1, 0.15) is 72.1 Å². The zero-order chi connectivity index (χ0) is 12.0. The smallest absolute Gasteiger partial charge is 0.0267 e. The lowest BCUT2D eigenvalue weighted by molar-refractivity contribution is 0.146. The summed E-state index contributed by atoms with van der Waals surface area (Å²) in [6.45, 7) is 6.94. The van der Waals surface area contributed by atoms with Gasteiger partial charge in [-0.2, -0.15) is 0 Å². The lowest BCUT2D eigenvalue weighted by Crippen LogP contribution is -2.48. The van der Waals surface area contributed by atoms with E-state index in [1.54, 1.807) is 0 Å². The third kappa shape index (κ3) is 3.46. The third-order valence-electron chi connectivity index (χ3n) is 4.20. The van der Waals surface area contributed by atoms with Gasteiger partial charge in [-0.05, 0) is 37.0 Å². The molecule has 0 aliphatic heterocycles. The van der Waals surface area contributed by atoms with Crippen molar-refractivity contribution in [2.24, 2.45) is 17.2 Å². The predicted molar refractivity (Wildman–Crippen MR) is 71.0 cm³/mol. The number of hydrazine groups is 1. The third-order valence-corrected chi connectivity index (χ3v) is 4.20. The van der Waals surface area contributed by atoms with Crippen LogP contribution >= 0.6 is 0 Å². The molecule has 0 radical (unpaired) electrons. The molecular formula is C14H30N2. The molecule has 0 aromatic carbocycles. The van der Waals surface area contributed by atoms with E-state index in [1.807, 2.05) is 0 Å². The van der Waals surface area contributed by atoms with E-state index in [0.717, 1.165) is 5.92 Å². The second-order valence-electron chi connectivity index (χ2n) is 6.03. The number of hydrogen-bond acceptors (Lipinski definition) is 2. The van der Waals surface area contributed by atoms with E-state index < -0.39 is 0 Å². The Kier molecular flexibility index (Phi) is 5.77. The summed E-state index contributed by atoms with van der Waals surface area (Å²) in [6, 6.07) is 0.539. The van der Waals surface area contributed by atoms with Crippen molar-refractivity contribution < 1.29 is 0 Å². The molecule has 0 aromatic rings. The van der Waals surface area contributed by atoms with Gasteiger partial charge in [0.05, 0.1) is 0 Å². The lowest BCUT2D eigenvalue weighted by atomic mass is 9.71. The van der Waals surface area contributed by atoms with E-state index in [4.69, 9.17) is 5.84 Å². The molecular weight excluding hydrogens is 196 g/mol. The van der Waals surface area contributed by atoms with Crippen LogP contribution < -0.4 is 11.3 Å². The maximum atomic E-state index is 5.80. The van der Waals surface area contributed by atoms with Gasteiger partial charge < -0.3 is 0 Å². The molecule has 0 spiro atoms. The van der Waals surface area contributed by atoms with Crippen molar-refractivity contribution in [3.63, 3.8) is 0 Å². The fourth-order valence-electron chi connectivity index (χ4n) is 3.56. The molecule has 0 amide bonds. The minimum absolute atomic E-state index is 0.498. The fourth-order valence-corrected chi connectivity index (χ4v) is 3.56. The molecule has 1 fully saturated rings. The summed E-state index contributed by atoms with van der Waals surface area (Å²) < 4.78 is 0. The summed E-state index contributed by atoms with van der Waals surface area (Å²) >= 11 is 0. The highest BCUT2D eigenvalue weighted by atomic mass is 15.2. The predicted octanol–water partition coefficient (Wildman–Crippen LogP) is 3.62. The number of rotatable bonds is 7. The van der Waals surface area contributed by atoms with Crippen LogP contribution in [0.3, 0.4) is 0 Å². The molecule has 3 N–H and O–H groups in total. The molecule has 2 heteroatoms. The van der Waals surface area contributed by atoms with Crippen molar-refractivity contribution in [2.75, 3.05) is 0 Å². The zero-order valence-corrected chi connectivity index (χ0v) is 11.4. The monoisotopic (exact) mass is 226 g/mol. The van der Waals surface area contributed by atoms with E-state index in [-0.39, 0.29) is 0 Å². The Balaban J connectivity index is 2.65. The normalized spacial score (nSPS) is 21.6. The van der Waals surface area contributed by atoms with Crippen molar-refractivity contribution >= 4 is 0 Å². The van der Waals surface area contributed by atoms with Crippen LogP contribution in [0.4, 0.5) is 0 Å². The first kappa shape index (κ1) is 14.0. The van der Waals surface area contributed by atoms with Gasteiger partial charge in [0.25, 0.3) is 0 Å². The molecule has 0 heterocycles. The van der Waals surface area contributed by atoms with Gasteiger partial charge in [0.15, 0.2) is 0 Å². The first-order valence-electron chi connectivity index (χ1n) is 7.10. The highest BCUT2D eigenvalue weighted by Crippen LogP contribution is 2.46. The number of unbranched alkanes of at least 4 members (excludes halogenated alkanes) is 1. The van der Waals surface area contributed by atoms with Crippen LogP contribution in [0.15, 0.2) is 0 Å². The van der Waals surface area contributed by atoms with Gasteiger partial charge >= 0.3 is 0 Å². The molecule has 2 nitrogen and oxygen atoms in total. The lowest BCUT2D eigenvalue weighted by Gasteiger charge is -2.39. The van der Waals surface area contributed by atoms with E-state index in [0.29, 0.717) is 11.5 Å². The average molecular weight is 226 g/mol. The molecule has 1 rings (SSSR count). The van der Waals surface area contributed by atoms with Crippen molar-refractivity contribution in [2.45, 2.75) is 78.2 Å². The van der Waals surface area contributed by atoms with E-state index in [1.165, 1.54) is 51.4 Å². The summed E-state index contributed by atoms with van der Waals surface area (Å²) in [5, 5.41) is 0.